The molecule has 1 unspecified atom stereocenters. The zero-order valence-corrected chi connectivity index (χ0v) is 13.5. The van der Waals surface area contributed by atoms with Crippen molar-refractivity contribution in [2.75, 3.05) is 34.0 Å². The molecule has 0 spiro atoms. The Morgan fingerprint density at radius 1 is 1.29 bits per heavy atom. The molecule has 1 N–H and O–H groups in total. The van der Waals surface area contributed by atoms with Gasteiger partial charge in [-0.25, -0.2) is 8.42 Å². The molecule has 6 nitrogen and oxygen atoms in total. The molecular formula is C14H23NO5S. The fraction of sp³-hybridized carbons (Fsp3) is 0.571. The van der Waals surface area contributed by atoms with E-state index in [0.717, 1.165) is 0 Å². The van der Waals surface area contributed by atoms with Crippen LogP contribution in [0.3, 0.4) is 0 Å². The highest BCUT2D eigenvalue weighted by molar-refractivity contribution is 7.89. The summed E-state index contributed by atoms with van der Waals surface area (Å²) < 4.78 is 36.5. The van der Waals surface area contributed by atoms with E-state index in [0.29, 0.717) is 25.4 Å². The smallest absolute Gasteiger partial charge is 0.243 e. The summed E-state index contributed by atoms with van der Waals surface area (Å²) in [5.74, 6) is 0.579. The molecule has 0 saturated heterocycles. The molecular weight excluding hydrogens is 294 g/mol. The summed E-state index contributed by atoms with van der Waals surface area (Å²) in [7, 11) is -0.475. The third-order valence-corrected chi connectivity index (χ3v) is 5.09. The first-order valence-corrected chi connectivity index (χ1v) is 8.18. The molecule has 0 aliphatic carbocycles. The molecule has 0 amide bonds. The maximum Gasteiger partial charge on any atom is 0.243 e. The summed E-state index contributed by atoms with van der Waals surface area (Å²) >= 11 is 0. The zero-order valence-electron chi connectivity index (χ0n) is 12.7. The minimum Gasteiger partial charge on any atom is -0.494 e. The zero-order chi connectivity index (χ0) is 15.9. The van der Waals surface area contributed by atoms with Gasteiger partial charge in [0, 0.05) is 33.2 Å². The Morgan fingerprint density at radius 2 is 1.90 bits per heavy atom. The van der Waals surface area contributed by atoms with Crippen LogP contribution in [0.25, 0.3) is 0 Å². The number of methoxy groups -OCH3 is 1. The molecule has 21 heavy (non-hydrogen) atoms. The van der Waals surface area contributed by atoms with Crippen molar-refractivity contribution < 1.29 is 23.0 Å². The van der Waals surface area contributed by atoms with Crippen molar-refractivity contribution in [1.29, 1.82) is 0 Å². The highest BCUT2D eigenvalue weighted by atomic mass is 32.2. The van der Waals surface area contributed by atoms with E-state index in [1.807, 2.05) is 0 Å². The van der Waals surface area contributed by atoms with Crippen LogP contribution in [0, 0.1) is 0 Å². The number of hydrogen-bond acceptors (Lipinski definition) is 5. The predicted molar refractivity (Wildman–Crippen MR) is 79.9 cm³/mol. The SMILES string of the molecule is COCC(C)N(C)S(=O)(=O)c1ccc(OCCCO)cc1. The van der Waals surface area contributed by atoms with Crippen molar-refractivity contribution in [3.63, 3.8) is 0 Å². The molecule has 0 fully saturated rings. The predicted octanol–water partition coefficient (Wildman–Crippen LogP) is 1.10. The lowest BCUT2D eigenvalue weighted by Gasteiger charge is -2.23. The fourth-order valence-electron chi connectivity index (χ4n) is 1.71. The van der Waals surface area contributed by atoms with E-state index >= 15 is 0 Å². The molecule has 7 heteroatoms. The minimum absolute atomic E-state index is 0.0641. The average molecular weight is 317 g/mol. The molecule has 0 saturated carbocycles. The van der Waals surface area contributed by atoms with Crippen LogP contribution in [0.2, 0.25) is 0 Å². The fourth-order valence-corrected chi connectivity index (χ4v) is 3.06. The molecule has 1 atom stereocenters. The Labute approximate surface area is 126 Å². The van der Waals surface area contributed by atoms with Gasteiger partial charge in [0.1, 0.15) is 5.75 Å². The van der Waals surface area contributed by atoms with E-state index in [-0.39, 0.29) is 17.5 Å². The number of nitrogens with zero attached hydrogens (tertiary/aromatic N) is 1. The second kappa shape index (κ2) is 8.33. The maximum atomic E-state index is 12.4. The second-order valence-electron chi connectivity index (χ2n) is 4.72. The van der Waals surface area contributed by atoms with Gasteiger partial charge in [0.2, 0.25) is 10.0 Å². The molecule has 1 aromatic rings. The first-order valence-electron chi connectivity index (χ1n) is 6.74. The Hall–Kier alpha value is -1.15. The van der Waals surface area contributed by atoms with Gasteiger partial charge in [-0.1, -0.05) is 0 Å². The van der Waals surface area contributed by atoms with Gasteiger partial charge < -0.3 is 14.6 Å². The highest BCUT2D eigenvalue weighted by Crippen LogP contribution is 2.20. The number of likely N-dealkylation sites (N-methyl/N-ethyl adjacent to an activating group) is 1. The summed E-state index contributed by atoms with van der Waals surface area (Å²) in [6, 6.07) is 6.00. The lowest BCUT2D eigenvalue weighted by Crippen LogP contribution is -2.37. The number of hydrogen-bond donors (Lipinski definition) is 1. The number of ether oxygens (including phenoxy) is 2. The minimum atomic E-state index is -3.54. The quantitative estimate of drug-likeness (QED) is 0.690. The molecule has 0 aromatic heterocycles. The summed E-state index contributed by atoms with van der Waals surface area (Å²) in [4.78, 5) is 0.211. The Bertz CT molecular complexity index is 515. The topological polar surface area (TPSA) is 76.1 Å². The number of aliphatic hydroxyl groups excluding tert-OH is 1. The first kappa shape index (κ1) is 17.9. The van der Waals surface area contributed by atoms with Gasteiger partial charge in [-0.3, -0.25) is 0 Å². The standard InChI is InChI=1S/C14H23NO5S/c1-12(11-19-3)15(2)21(17,18)14-7-5-13(6-8-14)20-10-4-9-16/h5-8,12,16H,4,9-11H2,1-3H3. The van der Waals surface area contributed by atoms with E-state index in [1.165, 1.54) is 30.6 Å². The third kappa shape index (κ3) is 4.96. The van der Waals surface area contributed by atoms with Crippen LogP contribution in [0.5, 0.6) is 5.75 Å². The molecule has 0 aliphatic heterocycles. The monoisotopic (exact) mass is 317 g/mol. The van der Waals surface area contributed by atoms with E-state index in [2.05, 4.69) is 0 Å². The van der Waals surface area contributed by atoms with Crippen molar-refractivity contribution >= 4 is 10.0 Å². The number of rotatable bonds is 9. The van der Waals surface area contributed by atoms with Crippen molar-refractivity contribution in [2.45, 2.75) is 24.3 Å². The first-order chi connectivity index (χ1) is 9.93. The molecule has 0 radical (unpaired) electrons. The van der Waals surface area contributed by atoms with Crippen molar-refractivity contribution in [3.8, 4) is 5.75 Å². The summed E-state index contributed by atoms with van der Waals surface area (Å²) in [5.41, 5.74) is 0. The van der Waals surface area contributed by atoms with Crippen LogP contribution >= 0.6 is 0 Å². The van der Waals surface area contributed by atoms with Gasteiger partial charge >= 0.3 is 0 Å². The molecule has 120 valence electrons. The van der Waals surface area contributed by atoms with Gasteiger partial charge in [-0.15, -0.1) is 0 Å². The average Bonchev–Trinajstić information content (AvgIpc) is 2.47. The third-order valence-electron chi connectivity index (χ3n) is 3.10. The van der Waals surface area contributed by atoms with Gasteiger partial charge in [0.25, 0.3) is 0 Å². The Kier molecular flexibility index (Phi) is 7.10. The molecule has 0 bridgehead atoms. The number of benzene rings is 1. The van der Waals surface area contributed by atoms with Crippen LogP contribution in [0.15, 0.2) is 29.2 Å². The summed E-state index contributed by atoms with van der Waals surface area (Å²) in [6.45, 7) is 2.58. The Morgan fingerprint density at radius 3 is 2.43 bits per heavy atom. The van der Waals surface area contributed by atoms with E-state index in [4.69, 9.17) is 14.6 Å². The Balaban J connectivity index is 2.79. The molecule has 1 aromatic carbocycles. The lowest BCUT2D eigenvalue weighted by molar-refractivity contribution is 0.149. The van der Waals surface area contributed by atoms with Crippen molar-refractivity contribution in [2.24, 2.45) is 0 Å². The van der Waals surface area contributed by atoms with E-state index < -0.39 is 10.0 Å². The molecule has 1 rings (SSSR count). The summed E-state index contributed by atoms with van der Waals surface area (Å²) in [6.07, 6.45) is 0.539. The van der Waals surface area contributed by atoms with Crippen LogP contribution < -0.4 is 4.74 Å². The number of sulfonamides is 1. The number of aliphatic hydroxyl groups is 1. The van der Waals surface area contributed by atoms with Crippen LogP contribution in [0.4, 0.5) is 0 Å². The van der Waals surface area contributed by atoms with Gasteiger partial charge in [0.15, 0.2) is 0 Å². The summed E-state index contributed by atoms with van der Waals surface area (Å²) in [5, 5.41) is 8.68. The van der Waals surface area contributed by atoms with Crippen molar-refractivity contribution in [1.82, 2.24) is 4.31 Å². The van der Waals surface area contributed by atoms with Crippen LogP contribution in [-0.4, -0.2) is 57.8 Å². The highest BCUT2D eigenvalue weighted by Gasteiger charge is 2.25. The maximum absolute atomic E-state index is 12.4. The van der Waals surface area contributed by atoms with E-state index in [9.17, 15) is 8.42 Å². The normalized spacial score (nSPS) is 13.4. The van der Waals surface area contributed by atoms with Crippen LogP contribution in [0.1, 0.15) is 13.3 Å². The van der Waals surface area contributed by atoms with Crippen LogP contribution in [-0.2, 0) is 14.8 Å². The van der Waals surface area contributed by atoms with Gasteiger partial charge in [-0.2, -0.15) is 4.31 Å². The molecule has 0 heterocycles. The van der Waals surface area contributed by atoms with Gasteiger partial charge in [-0.05, 0) is 31.2 Å². The largest absolute Gasteiger partial charge is 0.494 e. The van der Waals surface area contributed by atoms with E-state index in [1.54, 1.807) is 19.1 Å². The lowest BCUT2D eigenvalue weighted by atomic mass is 10.3. The van der Waals surface area contributed by atoms with Gasteiger partial charge in [0.05, 0.1) is 18.1 Å². The second-order valence-corrected chi connectivity index (χ2v) is 6.72. The van der Waals surface area contributed by atoms with Crippen molar-refractivity contribution in [3.05, 3.63) is 24.3 Å². The molecule has 0 aliphatic rings.